The van der Waals surface area contributed by atoms with Crippen molar-refractivity contribution in [3.8, 4) is 11.5 Å². The van der Waals surface area contributed by atoms with Crippen LogP contribution < -0.4 is 20.3 Å². The van der Waals surface area contributed by atoms with Gasteiger partial charge < -0.3 is 24.1 Å². The first kappa shape index (κ1) is 27.6. The van der Waals surface area contributed by atoms with E-state index in [-0.39, 0.29) is 11.7 Å². The highest BCUT2D eigenvalue weighted by molar-refractivity contribution is 5.91. The Balaban J connectivity index is 1.30. The molecule has 0 unspecified atom stereocenters. The van der Waals surface area contributed by atoms with Crippen LogP contribution in [0.25, 0.3) is 10.9 Å². The van der Waals surface area contributed by atoms with Gasteiger partial charge in [-0.1, -0.05) is 18.2 Å². The molecule has 9 heteroatoms. The van der Waals surface area contributed by atoms with Gasteiger partial charge in [-0.05, 0) is 56.7 Å². The Kier molecular flexibility index (Phi) is 8.02. The lowest BCUT2D eigenvalue weighted by Gasteiger charge is -2.33. The number of carbonyl (C=O) groups excluding carboxylic acids is 1. The van der Waals surface area contributed by atoms with Crippen LogP contribution in [0, 0.1) is 0 Å². The molecular weight excluding hydrogens is 508 g/mol. The highest BCUT2D eigenvalue weighted by Crippen LogP contribution is 2.32. The molecule has 40 heavy (non-hydrogen) atoms. The number of nitrogens with zero attached hydrogens (tertiary/aromatic N) is 3. The Hall–Kier alpha value is -3.98. The van der Waals surface area contributed by atoms with Gasteiger partial charge in [0, 0.05) is 62.5 Å². The maximum atomic E-state index is 13.3. The lowest BCUT2D eigenvalue weighted by atomic mass is 10.1. The second-order valence-electron chi connectivity index (χ2n) is 11.1. The Bertz CT molecular complexity index is 1470. The first-order valence-electron chi connectivity index (χ1n) is 13.8. The molecule has 0 radical (unpaired) electrons. The van der Waals surface area contributed by atoms with Gasteiger partial charge in [-0.15, -0.1) is 0 Å². The number of hydrogen-bond donors (Lipinski definition) is 1. The van der Waals surface area contributed by atoms with Crippen molar-refractivity contribution in [2.24, 2.45) is 0 Å². The van der Waals surface area contributed by atoms with Crippen LogP contribution in [0.15, 0.2) is 65.1 Å². The molecule has 2 aromatic carbocycles. The quantitative estimate of drug-likeness (QED) is 0.454. The lowest BCUT2D eigenvalue weighted by molar-refractivity contribution is 0.0285. The zero-order valence-corrected chi connectivity index (χ0v) is 23.7. The Morgan fingerprint density at radius 2 is 1.85 bits per heavy atom. The largest absolute Gasteiger partial charge is 0.486 e. The number of ether oxygens (including phenoxy) is 3. The van der Waals surface area contributed by atoms with Gasteiger partial charge in [0.1, 0.15) is 18.8 Å². The summed E-state index contributed by atoms with van der Waals surface area (Å²) in [5, 5.41) is 4.23. The van der Waals surface area contributed by atoms with E-state index in [0.29, 0.717) is 45.0 Å². The van der Waals surface area contributed by atoms with Crippen LogP contribution in [0.3, 0.4) is 0 Å². The number of carbonyl (C=O) groups is 1. The fourth-order valence-corrected chi connectivity index (χ4v) is 5.13. The van der Waals surface area contributed by atoms with Crippen LogP contribution in [0.4, 0.5) is 10.5 Å². The molecule has 1 N–H and O–H groups in total. The van der Waals surface area contributed by atoms with Crippen LogP contribution in [-0.2, 0) is 17.8 Å². The van der Waals surface area contributed by atoms with E-state index in [0.717, 1.165) is 46.7 Å². The van der Waals surface area contributed by atoms with Gasteiger partial charge in [-0.3, -0.25) is 14.6 Å². The summed E-state index contributed by atoms with van der Waals surface area (Å²) < 4.78 is 19.0. The molecule has 0 atom stereocenters. The lowest BCUT2D eigenvalue weighted by Crippen LogP contribution is -2.40. The Morgan fingerprint density at radius 3 is 2.58 bits per heavy atom. The van der Waals surface area contributed by atoms with Gasteiger partial charge in [-0.2, -0.15) is 0 Å². The summed E-state index contributed by atoms with van der Waals surface area (Å²) >= 11 is 0. The van der Waals surface area contributed by atoms with Gasteiger partial charge in [0.05, 0.1) is 12.1 Å². The van der Waals surface area contributed by atoms with E-state index in [2.05, 4.69) is 16.3 Å². The van der Waals surface area contributed by atoms with Crippen molar-refractivity contribution < 1.29 is 19.0 Å². The molecular formula is C31H38N4O5. The van der Waals surface area contributed by atoms with Crippen molar-refractivity contribution in [1.82, 2.24) is 14.4 Å². The number of benzene rings is 2. The molecule has 0 fully saturated rings. The van der Waals surface area contributed by atoms with E-state index in [1.807, 2.05) is 74.9 Å². The van der Waals surface area contributed by atoms with Crippen molar-refractivity contribution in [2.45, 2.75) is 45.9 Å². The number of aromatic nitrogens is 1. The molecule has 0 spiro atoms. The predicted molar refractivity (Wildman–Crippen MR) is 156 cm³/mol. The number of nitrogens with one attached hydrogen (secondary N) is 1. The zero-order valence-electron chi connectivity index (χ0n) is 23.7. The third-order valence-electron chi connectivity index (χ3n) is 7.12. The average Bonchev–Trinajstić information content (AvgIpc) is 2.94. The number of rotatable bonds is 7. The first-order valence-corrected chi connectivity index (χ1v) is 13.8. The van der Waals surface area contributed by atoms with Crippen LogP contribution in [0.2, 0.25) is 0 Å². The highest BCUT2D eigenvalue weighted by Gasteiger charge is 2.27. The summed E-state index contributed by atoms with van der Waals surface area (Å²) in [7, 11) is 1.89. The third kappa shape index (κ3) is 6.25. The maximum absolute atomic E-state index is 13.3. The number of anilines is 1. The summed E-state index contributed by atoms with van der Waals surface area (Å²) in [6.45, 7) is 9.79. The summed E-state index contributed by atoms with van der Waals surface area (Å²) in [5.41, 5.74) is 3.17. The minimum atomic E-state index is -0.609. The molecule has 5 rings (SSSR count). The molecule has 3 heterocycles. The fraction of sp³-hybridized carbons (Fsp3) is 0.419. The van der Waals surface area contributed by atoms with E-state index in [9.17, 15) is 9.59 Å². The monoisotopic (exact) mass is 546 g/mol. The fourth-order valence-electron chi connectivity index (χ4n) is 5.13. The van der Waals surface area contributed by atoms with Crippen molar-refractivity contribution in [3.63, 3.8) is 0 Å². The molecule has 9 nitrogen and oxygen atoms in total. The predicted octanol–water partition coefficient (Wildman–Crippen LogP) is 4.84. The molecule has 3 aromatic rings. The molecule has 1 aromatic heterocycles. The SMILES string of the molecule is CNc1cccc2c1ccc(=O)n2CCN1CC=C(N(Cc2ccc3c(c2)OCCO3)C(=O)OC(C)(C)C)CC1. The van der Waals surface area contributed by atoms with Crippen molar-refractivity contribution in [3.05, 3.63) is 76.2 Å². The van der Waals surface area contributed by atoms with E-state index < -0.39 is 5.60 Å². The van der Waals surface area contributed by atoms with E-state index in [1.54, 1.807) is 11.0 Å². The molecule has 0 saturated heterocycles. The van der Waals surface area contributed by atoms with Gasteiger partial charge in [0.2, 0.25) is 0 Å². The Morgan fingerprint density at radius 1 is 1.05 bits per heavy atom. The van der Waals surface area contributed by atoms with Gasteiger partial charge in [0.15, 0.2) is 11.5 Å². The molecule has 0 aliphatic carbocycles. The summed E-state index contributed by atoms with van der Waals surface area (Å²) in [6, 6.07) is 15.3. The number of hydrogen-bond acceptors (Lipinski definition) is 7. The minimum Gasteiger partial charge on any atom is -0.486 e. The van der Waals surface area contributed by atoms with Crippen molar-refractivity contribution >= 4 is 22.7 Å². The summed E-state index contributed by atoms with van der Waals surface area (Å²) in [6.07, 6.45) is 2.42. The van der Waals surface area contributed by atoms with Gasteiger partial charge in [-0.25, -0.2) is 4.79 Å². The molecule has 2 aliphatic rings. The van der Waals surface area contributed by atoms with Crippen molar-refractivity contribution in [2.75, 3.05) is 45.2 Å². The second kappa shape index (κ2) is 11.6. The first-order chi connectivity index (χ1) is 19.2. The summed E-state index contributed by atoms with van der Waals surface area (Å²) in [5.74, 6) is 1.42. The number of amides is 1. The normalized spacial score (nSPS) is 15.4. The van der Waals surface area contributed by atoms with Crippen LogP contribution in [0.5, 0.6) is 11.5 Å². The molecule has 0 bridgehead atoms. The molecule has 212 valence electrons. The number of fused-ring (bicyclic) bond motifs is 2. The standard InChI is InChI=1S/C31H38N4O5/c1-31(2,3)40-30(37)35(21-22-8-10-27-28(20-22)39-19-18-38-27)23-12-14-33(15-13-23)16-17-34-26-7-5-6-25(32-4)24(26)9-11-29(34)36/h5-12,20,32H,13-19,21H2,1-4H3. The van der Waals surface area contributed by atoms with Gasteiger partial charge in [0.25, 0.3) is 5.56 Å². The van der Waals surface area contributed by atoms with Crippen LogP contribution in [0.1, 0.15) is 32.8 Å². The maximum Gasteiger partial charge on any atom is 0.414 e. The minimum absolute atomic E-state index is 0.00970. The Labute approximate surface area is 234 Å². The molecule has 2 aliphatic heterocycles. The van der Waals surface area contributed by atoms with E-state index in [1.165, 1.54) is 0 Å². The zero-order chi connectivity index (χ0) is 28.3. The topological polar surface area (TPSA) is 85.3 Å². The number of pyridine rings is 1. The van der Waals surface area contributed by atoms with Gasteiger partial charge >= 0.3 is 6.09 Å². The van der Waals surface area contributed by atoms with Crippen LogP contribution in [-0.4, -0.2) is 66.0 Å². The summed E-state index contributed by atoms with van der Waals surface area (Å²) in [4.78, 5) is 30.1. The van der Waals surface area contributed by atoms with Crippen LogP contribution >= 0.6 is 0 Å². The third-order valence-corrected chi connectivity index (χ3v) is 7.12. The molecule has 1 amide bonds. The average molecular weight is 547 g/mol. The van der Waals surface area contributed by atoms with Crippen molar-refractivity contribution in [1.29, 1.82) is 0 Å². The second-order valence-corrected chi connectivity index (χ2v) is 11.1. The van der Waals surface area contributed by atoms with E-state index in [4.69, 9.17) is 14.2 Å². The highest BCUT2D eigenvalue weighted by atomic mass is 16.6. The van der Waals surface area contributed by atoms with E-state index >= 15 is 0 Å². The molecule has 0 saturated carbocycles. The smallest absolute Gasteiger partial charge is 0.414 e.